The summed E-state index contributed by atoms with van der Waals surface area (Å²) in [6.45, 7) is 6.56. The molecule has 2 heteroatoms. The van der Waals surface area contributed by atoms with Gasteiger partial charge < -0.3 is 10.1 Å². The van der Waals surface area contributed by atoms with Crippen LogP contribution in [0.3, 0.4) is 0 Å². The summed E-state index contributed by atoms with van der Waals surface area (Å²) in [5, 5.41) is 3.76. The molecule has 0 aromatic carbocycles. The van der Waals surface area contributed by atoms with Crippen LogP contribution in [0.2, 0.25) is 0 Å². The molecule has 0 heterocycles. The van der Waals surface area contributed by atoms with E-state index in [9.17, 15) is 0 Å². The Morgan fingerprint density at radius 1 is 1.19 bits per heavy atom. The van der Waals surface area contributed by atoms with E-state index >= 15 is 0 Å². The molecule has 0 aliphatic heterocycles. The largest absolute Gasteiger partial charge is 0.378 e. The molecule has 0 atom stereocenters. The molecule has 16 heavy (non-hydrogen) atoms. The Balaban J connectivity index is 1.64. The lowest BCUT2D eigenvalue weighted by molar-refractivity contribution is -0.0123. The zero-order valence-corrected chi connectivity index (χ0v) is 10.9. The Kier molecular flexibility index (Phi) is 4.26. The molecule has 94 valence electrons. The fraction of sp³-hybridized carbons (Fsp3) is 1.00. The second-order valence-electron chi connectivity index (χ2n) is 5.69. The van der Waals surface area contributed by atoms with Crippen molar-refractivity contribution in [2.45, 2.75) is 70.9 Å². The highest BCUT2D eigenvalue weighted by molar-refractivity contribution is 4.91. The van der Waals surface area contributed by atoms with E-state index in [-0.39, 0.29) is 0 Å². The van der Waals surface area contributed by atoms with Gasteiger partial charge in [0, 0.05) is 19.2 Å². The van der Waals surface area contributed by atoms with Crippen LogP contribution >= 0.6 is 0 Å². The molecule has 2 fully saturated rings. The highest BCUT2D eigenvalue weighted by Crippen LogP contribution is 2.40. The van der Waals surface area contributed by atoms with E-state index in [1.807, 2.05) is 0 Å². The zero-order valence-electron chi connectivity index (χ0n) is 10.9. The average Bonchev–Trinajstić information content (AvgIpc) is 2.71. The highest BCUT2D eigenvalue weighted by atomic mass is 16.5. The third-order valence-corrected chi connectivity index (χ3v) is 4.68. The summed E-state index contributed by atoms with van der Waals surface area (Å²) in [6.07, 6.45) is 10.1. The molecule has 2 aliphatic carbocycles. The van der Waals surface area contributed by atoms with Gasteiger partial charge in [0.2, 0.25) is 0 Å². The minimum Gasteiger partial charge on any atom is -0.378 e. The molecule has 0 unspecified atom stereocenters. The first kappa shape index (κ1) is 12.4. The van der Waals surface area contributed by atoms with Gasteiger partial charge in [-0.1, -0.05) is 19.8 Å². The van der Waals surface area contributed by atoms with E-state index in [2.05, 4.69) is 19.2 Å². The lowest BCUT2D eigenvalue weighted by Gasteiger charge is -2.38. The maximum atomic E-state index is 5.59. The van der Waals surface area contributed by atoms with Crippen LogP contribution in [0.15, 0.2) is 0 Å². The first-order valence-electron chi connectivity index (χ1n) is 7.13. The molecule has 0 aromatic rings. The van der Waals surface area contributed by atoms with Crippen LogP contribution in [-0.2, 0) is 4.74 Å². The number of ether oxygens (including phenoxy) is 1. The first-order valence-corrected chi connectivity index (χ1v) is 7.13. The minimum absolute atomic E-state index is 0.545. The van der Waals surface area contributed by atoms with Crippen molar-refractivity contribution in [3.63, 3.8) is 0 Å². The third-order valence-electron chi connectivity index (χ3n) is 4.68. The Morgan fingerprint density at radius 2 is 1.88 bits per heavy atom. The molecule has 0 bridgehead atoms. The standard InChI is InChI=1S/C14H27NO/c1-3-14(7-5-6-8-14)11-15-12-9-13(10-12)16-4-2/h12-13,15H,3-11H2,1-2H3. The smallest absolute Gasteiger partial charge is 0.0604 e. The van der Waals surface area contributed by atoms with E-state index in [4.69, 9.17) is 4.74 Å². The summed E-state index contributed by atoms with van der Waals surface area (Å²) in [4.78, 5) is 0. The summed E-state index contributed by atoms with van der Waals surface area (Å²) in [6, 6.07) is 0.737. The fourth-order valence-corrected chi connectivity index (χ4v) is 3.25. The first-order chi connectivity index (χ1) is 7.78. The van der Waals surface area contributed by atoms with Crippen molar-refractivity contribution in [1.82, 2.24) is 5.32 Å². The lowest BCUT2D eigenvalue weighted by Crippen LogP contribution is -2.48. The number of hydrogen-bond acceptors (Lipinski definition) is 2. The van der Waals surface area contributed by atoms with Crippen molar-refractivity contribution in [1.29, 1.82) is 0 Å². The molecule has 0 aromatic heterocycles. The van der Waals surface area contributed by atoms with Gasteiger partial charge in [-0.2, -0.15) is 0 Å². The molecule has 0 spiro atoms. The maximum absolute atomic E-state index is 5.59. The Hall–Kier alpha value is -0.0800. The van der Waals surface area contributed by atoms with E-state index in [0.29, 0.717) is 11.5 Å². The summed E-state index contributed by atoms with van der Waals surface area (Å²) >= 11 is 0. The Morgan fingerprint density at radius 3 is 2.44 bits per heavy atom. The van der Waals surface area contributed by atoms with Gasteiger partial charge >= 0.3 is 0 Å². The van der Waals surface area contributed by atoms with E-state index in [1.54, 1.807) is 0 Å². The highest BCUT2D eigenvalue weighted by Gasteiger charge is 2.35. The van der Waals surface area contributed by atoms with Crippen LogP contribution in [0.1, 0.15) is 58.8 Å². The second-order valence-corrected chi connectivity index (χ2v) is 5.69. The SMILES string of the molecule is CCOC1CC(NCC2(CC)CCCC2)C1. The van der Waals surface area contributed by atoms with Crippen molar-refractivity contribution in [3.05, 3.63) is 0 Å². The van der Waals surface area contributed by atoms with E-state index in [1.165, 1.54) is 51.5 Å². The molecule has 1 N–H and O–H groups in total. The van der Waals surface area contributed by atoms with Crippen molar-refractivity contribution in [3.8, 4) is 0 Å². The Bertz CT molecular complexity index is 205. The molecular formula is C14H27NO. The van der Waals surface area contributed by atoms with Gasteiger partial charge in [-0.05, 0) is 44.4 Å². The summed E-state index contributed by atoms with van der Waals surface area (Å²) in [7, 11) is 0. The van der Waals surface area contributed by atoms with Gasteiger partial charge in [-0.3, -0.25) is 0 Å². The number of nitrogens with one attached hydrogen (secondary N) is 1. The van der Waals surface area contributed by atoms with Crippen LogP contribution in [0.4, 0.5) is 0 Å². The summed E-state index contributed by atoms with van der Waals surface area (Å²) in [5.74, 6) is 0. The quantitative estimate of drug-likeness (QED) is 0.750. The number of hydrogen-bond donors (Lipinski definition) is 1. The molecular weight excluding hydrogens is 198 g/mol. The van der Waals surface area contributed by atoms with Gasteiger partial charge in [-0.15, -0.1) is 0 Å². The van der Waals surface area contributed by atoms with Gasteiger partial charge in [-0.25, -0.2) is 0 Å². The monoisotopic (exact) mass is 225 g/mol. The van der Waals surface area contributed by atoms with Gasteiger partial charge in [0.25, 0.3) is 0 Å². The van der Waals surface area contributed by atoms with Crippen molar-refractivity contribution in [2.75, 3.05) is 13.2 Å². The molecule has 0 radical (unpaired) electrons. The van der Waals surface area contributed by atoms with Gasteiger partial charge in [0.1, 0.15) is 0 Å². The average molecular weight is 225 g/mol. The van der Waals surface area contributed by atoms with Crippen LogP contribution < -0.4 is 5.32 Å². The zero-order chi connectivity index (χ0) is 11.4. The predicted molar refractivity (Wildman–Crippen MR) is 67.6 cm³/mol. The topological polar surface area (TPSA) is 21.3 Å². The van der Waals surface area contributed by atoms with Crippen LogP contribution in [0.25, 0.3) is 0 Å². The van der Waals surface area contributed by atoms with Crippen LogP contribution in [0.5, 0.6) is 0 Å². The normalized spacial score (nSPS) is 32.6. The van der Waals surface area contributed by atoms with Crippen molar-refractivity contribution < 1.29 is 4.74 Å². The predicted octanol–water partition coefficient (Wildman–Crippen LogP) is 3.11. The van der Waals surface area contributed by atoms with Gasteiger partial charge in [0.05, 0.1) is 6.10 Å². The third kappa shape index (κ3) is 2.78. The van der Waals surface area contributed by atoms with E-state index < -0.39 is 0 Å². The molecule has 2 saturated carbocycles. The second kappa shape index (κ2) is 5.50. The molecule has 2 rings (SSSR count). The van der Waals surface area contributed by atoms with Crippen molar-refractivity contribution >= 4 is 0 Å². The minimum atomic E-state index is 0.545. The molecule has 2 aliphatic rings. The Labute approximate surface area is 100 Å². The van der Waals surface area contributed by atoms with Crippen molar-refractivity contribution in [2.24, 2.45) is 5.41 Å². The van der Waals surface area contributed by atoms with Gasteiger partial charge in [0.15, 0.2) is 0 Å². The maximum Gasteiger partial charge on any atom is 0.0604 e. The van der Waals surface area contributed by atoms with Crippen LogP contribution in [0, 0.1) is 5.41 Å². The summed E-state index contributed by atoms with van der Waals surface area (Å²) < 4.78 is 5.59. The lowest BCUT2D eigenvalue weighted by atomic mass is 9.81. The number of rotatable bonds is 6. The van der Waals surface area contributed by atoms with E-state index in [0.717, 1.165) is 12.6 Å². The molecule has 2 nitrogen and oxygen atoms in total. The summed E-state index contributed by atoms with van der Waals surface area (Å²) in [5.41, 5.74) is 0.636. The molecule has 0 amide bonds. The molecule has 0 saturated heterocycles. The van der Waals surface area contributed by atoms with Crippen LogP contribution in [-0.4, -0.2) is 25.3 Å². The fourth-order valence-electron chi connectivity index (χ4n) is 3.25.